The van der Waals surface area contributed by atoms with Crippen LogP contribution < -0.4 is 4.90 Å². The Morgan fingerprint density at radius 2 is 1.64 bits per heavy atom. The maximum Gasteiger partial charge on any atom is 0.227 e. The van der Waals surface area contributed by atoms with E-state index < -0.39 is 0 Å². The number of thiazole rings is 1. The van der Waals surface area contributed by atoms with E-state index in [2.05, 4.69) is 4.98 Å². The van der Waals surface area contributed by atoms with E-state index in [0.717, 1.165) is 27.4 Å². The van der Waals surface area contributed by atoms with Crippen molar-refractivity contribution in [2.24, 2.45) is 0 Å². The van der Waals surface area contributed by atoms with Gasteiger partial charge >= 0.3 is 0 Å². The number of rotatable bonds is 5. The van der Waals surface area contributed by atoms with E-state index in [1.54, 1.807) is 35.9 Å². The van der Waals surface area contributed by atoms with E-state index in [1.807, 2.05) is 57.6 Å². The molecular weight excluding hydrogens is 435 g/mol. The van der Waals surface area contributed by atoms with Crippen molar-refractivity contribution in [1.29, 1.82) is 0 Å². The first-order chi connectivity index (χ1) is 16.2. The molecule has 33 heavy (non-hydrogen) atoms. The Labute approximate surface area is 196 Å². The minimum absolute atomic E-state index is 0.101. The molecule has 3 heterocycles. The molecule has 5 nitrogen and oxygen atoms in total. The van der Waals surface area contributed by atoms with Gasteiger partial charge < -0.3 is 9.80 Å². The predicted molar refractivity (Wildman–Crippen MR) is 130 cm³/mol. The van der Waals surface area contributed by atoms with E-state index in [-0.39, 0.29) is 11.7 Å². The van der Waals surface area contributed by atoms with Crippen molar-refractivity contribution in [3.05, 3.63) is 89.8 Å². The number of amides is 1. The van der Waals surface area contributed by atoms with Gasteiger partial charge in [-0.1, -0.05) is 36.4 Å². The van der Waals surface area contributed by atoms with Crippen LogP contribution in [0.4, 0.5) is 10.1 Å². The van der Waals surface area contributed by atoms with Crippen LogP contribution in [-0.4, -0.2) is 47.0 Å². The van der Waals surface area contributed by atoms with Crippen LogP contribution in [0.5, 0.6) is 0 Å². The van der Waals surface area contributed by atoms with Crippen LogP contribution in [0.3, 0.4) is 0 Å². The quantitative estimate of drug-likeness (QED) is 0.427. The molecule has 0 radical (unpaired) electrons. The standard InChI is InChI=1S/C26H23FN4OS/c27-22-3-1-2-4-24(22)30-13-15-31(16-14-30)25(32)17-19-5-7-20(8-6-19)23-18-33-26(29-23)21-9-11-28-12-10-21/h1-12,18H,13-17H2. The average Bonchev–Trinajstić information content (AvgIpc) is 3.36. The summed E-state index contributed by atoms with van der Waals surface area (Å²) < 4.78 is 14.0. The summed E-state index contributed by atoms with van der Waals surface area (Å²) in [5.41, 5.74) is 4.59. The van der Waals surface area contributed by atoms with Gasteiger partial charge in [0.15, 0.2) is 0 Å². The Balaban J connectivity index is 1.18. The number of aromatic nitrogens is 2. The molecular formula is C26H23FN4OS. The SMILES string of the molecule is O=C(Cc1ccc(-c2csc(-c3ccncc3)n2)cc1)N1CCN(c2ccccc2F)CC1. The second-order valence-corrected chi connectivity index (χ2v) is 8.82. The number of carbonyl (C=O) groups excluding carboxylic acids is 1. The highest BCUT2D eigenvalue weighted by atomic mass is 32.1. The van der Waals surface area contributed by atoms with Gasteiger partial charge in [0.2, 0.25) is 5.91 Å². The highest BCUT2D eigenvalue weighted by molar-refractivity contribution is 7.13. The van der Waals surface area contributed by atoms with Gasteiger partial charge in [-0.3, -0.25) is 9.78 Å². The summed E-state index contributed by atoms with van der Waals surface area (Å²) >= 11 is 1.60. The molecule has 1 saturated heterocycles. The van der Waals surface area contributed by atoms with Gasteiger partial charge in [-0.05, 0) is 29.8 Å². The van der Waals surface area contributed by atoms with Crippen LogP contribution >= 0.6 is 11.3 Å². The molecule has 0 bridgehead atoms. The van der Waals surface area contributed by atoms with E-state index in [0.29, 0.717) is 38.3 Å². The van der Waals surface area contributed by atoms with Crippen molar-refractivity contribution < 1.29 is 9.18 Å². The van der Waals surface area contributed by atoms with Crippen molar-refractivity contribution >= 4 is 22.9 Å². The molecule has 1 aliphatic rings. The van der Waals surface area contributed by atoms with Crippen LogP contribution in [0.2, 0.25) is 0 Å². The third kappa shape index (κ3) is 4.78. The second-order valence-electron chi connectivity index (χ2n) is 7.97. The molecule has 1 amide bonds. The fraction of sp³-hybridized carbons (Fsp3) is 0.192. The van der Waals surface area contributed by atoms with Crippen LogP contribution in [0.25, 0.3) is 21.8 Å². The summed E-state index contributed by atoms with van der Waals surface area (Å²) in [5, 5.41) is 3.01. The van der Waals surface area contributed by atoms with Crippen LogP contribution in [0.1, 0.15) is 5.56 Å². The molecule has 2 aromatic heterocycles. The van der Waals surface area contributed by atoms with Crippen molar-refractivity contribution in [3.8, 4) is 21.8 Å². The highest BCUT2D eigenvalue weighted by Crippen LogP contribution is 2.28. The first-order valence-corrected chi connectivity index (χ1v) is 11.8. The number of piperazine rings is 1. The summed E-state index contributed by atoms with van der Waals surface area (Å²) in [4.78, 5) is 25.5. The maximum absolute atomic E-state index is 14.0. The molecule has 0 aliphatic carbocycles. The molecule has 5 rings (SSSR count). The third-order valence-corrected chi connectivity index (χ3v) is 6.75. The van der Waals surface area contributed by atoms with Gasteiger partial charge in [0.1, 0.15) is 10.8 Å². The number of hydrogen-bond donors (Lipinski definition) is 0. The van der Waals surface area contributed by atoms with Crippen LogP contribution in [0, 0.1) is 5.82 Å². The smallest absolute Gasteiger partial charge is 0.227 e. The lowest BCUT2D eigenvalue weighted by molar-refractivity contribution is -0.130. The lowest BCUT2D eigenvalue weighted by Gasteiger charge is -2.36. The van der Waals surface area contributed by atoms with Crippen LogP contribution in [0.15, 0.2) is 78.4 Å². The molecule has 0 unspecified atom stereocenters. The van der Waals surface area contributed by atoms with Gasteiger partial charge in [-0.25, -0.2) is 9.37 Å². The Morgan fingerprint density at radius 1 is 0.909 bits per heavy atom. The van der Waals surface area contributed by atoms with Crippen molar-refractivity contribution in [2.75, 3.05) is 31.1 Å². The van der Waals surface area contributed by atoms with E-state index in [4.69, 9.17) is 4.98 Å². The number of halogens is 1. The molecule has 0 N–H and O–H groups in total. The summed E-state index contributed by atoms with van der Waals surface area (Å²) in [6, 6.07) is 18.7. The third-order valence-electron chi connectivity index (χ3n) is 5.86. The topological polar surface area (TPSA) is 49.3 Å². The average molecular weight is 459 g/mol. The maximum atomic E-state index is 14.0. The van der Waals surface area contributed by atoms with E-state index >= 15 is 0 Å². The van der Waals surface area contributed by atoms with Gasteiger partial charge in [0, 0.05) is 55.1 Å². The van der Waals surface area contributed by atoms with Crippen molar-refractivity contribution in [2.45, 2.75) is 6.42 Å². The zero-order valence-corrected chi connectivity index (χ0v) is 18.8. The minimum atomic E-state index is -0.217. The molecule has 7 heteroatoms. The lowest BCUT2D eigenvalue weighted by atomic mass is 10.1. The molecule has 0 saturated carbocycles. The van der Waals surface area contributed by atoms with Crippen LogP contribution in [-0.2, 0) is 11.2 Å². The van der Waals surface area contributed by atoms with E-state index in [1.165, 1.54) is 6.07 Å². The Hall–Kier alpha value is -3.58. The lowest BCUT2D eigenvalue weighted by Crippen LogP contribution is -2.49. The van der Waals surface area contributed by atoms with Crippen molar-refractivity contribution in [1.82, 2.24) is 14.9 Å². The molecule has 1 fully saturated rings. The van der Waals surface area contributed by atoms with Gasteiger partial charge in [0.25, 0.3) is 0 Å². The number of nitrogens with zero attached hydrogens (tertiary/aromatic N) is 4. The fourth-order valence-corrected chi connectivity index (χ4v) is 4.85. The summed E-state index contributed by atoms with van der Waals surface area (Å²) in [7, 11) is 0. The molecule has 166 valence electrons. The Kier molecular flexibility index (Phi) is 6.13. The number of para-hydroxylation sites is 1. The molecule has 4 aromatic rings. The highest BCUT2D eigenvalue weighted by Gasteiger charge is 2.22. The summed E-state index contributed by atoms with van der Waals surface area (Å²) in [6.45, 7) is 2.47. The first-order valence-electron chi connectivity index (χ1n) is 10.9. The fourth-order valence-electron chi connectivity index (χ4n) is 4.02. The van der Waals surface area contributed by atoms with Crippen molar-refractivity contribution in [3.63, 3.8) is 0 Å². The summed E-state index contributed by atoms with van der Waals surface area (Å²) in [6.07, 6.45) is 3.89. The van der Waals surface area contributed by atoms with E-state index in [9.17, 15) is 9.18 Å². The normalized spacial score (nSPS) is 13.8. The second kappa shape index (κ2) is 9.50. The number of anilines is 1. The Bertz CT molecular complexity index is 1230. The molecule has 0 atom stereocenters. The zero-order valence-electron chi connectivity index (χ0n) is 18.0. The predicted octanol–water partition coefficient (Wildman–Crippen LogP) is 4.90. The number of hydrogen-bond acceptors (Lipinski definition) is 5. The largest absolute Gasteiger partial charge is 0.366 e. The Morgan fingerprint density at radius 3 is 2.36 bits per heavy atom. The molecule has 1 aliphatic heterocycles. The summed E-state index contributed by atoms with van der Waals surface area (Å²) in [5.74, 6) is -0.116. The minimum Gasteiger partial charge on any atom is -0.366 e. The number of carbonyl (C=O) groups is 1. The molecule has 2 aromatic carbocycles. The number of benzene rings is 2. The van der Waals surface area contributed by atoms with Gasteiger partial charge in [0.05, 0.1) is 17.8 Å². The van der Waals surface area contributed by atoms with Gasteiger partial charge in [-0.2, -0.15) is 0 Å². The number of pyridine rings is 1. The zero-order chi connectivity index (χ0) is 22.6. The monoisotopic (exact) mass is 458 g/mol. The molecule has 0 spiro atoms. The first kappa shape index (κ1) is 21.3. The van der Waals surface area contributed by atoms with Gasteiger partial charge in [-0.15, -0.1) is 11.3 Å².